The number of amides is 2. The summed E-state index contributed by atoms with van der Waals surface area (Å²) < 4.78 is 13.1. The Balaban J connectivity index is 1.78. The number of unbranched alkanes of at least 4 members (excludes halogenated alkanes) is 2. The van der Waals surface area contributed by atoms with Crippen LogP contribution in [-0.2, 0) is 6.42 Å². The van der Waals surface area contributed by atoms with Crippen LogP contribution in [0.1, 0.15) is 43.4 Å². The predicted octanol–water partition coefficient (Wildman–Crippen LogP) is 4.41. The number of aliphatic hydroxyl groups is 1. The lowest BCUT2D eigenvalue weighted by Crippen LogP contribution is -2.32. The van der Waals surface area contributed by atoms with Crippen LogP contribution in [-0.4, -0.2) is 17.7 Å². The Bertz CT molecular complexity index is 674. The second-order valence-electron chi connectivity index (χ2n) is 6.06. The SMILES string of the molecule is CCCCCc1ccc(NC(=O)NCC(O)c2cccc(F)c2)cc1. The first-order valence-corrected chi connectivity index (χ1v) is 8.66. The normalized spacial score (nSPS) is 11.8. The van der Waals surface area contributed by atoms with Crippen LogP contribution in [0.25, 0.3) is 0 Å². The zero-order valence-corrected chi connectivity index (χ0v) is 14.5. The standard InChI is InChI=1S/C20H25FN2O2/c1-2-3-4-6-15-9-11-18(12-10-15)23-20(25)22-14-19(24)16-7-5-8-17(21)13-16/h5,7-13,19,24H,2-4,6,14H2,1H3,(H2,22,23,25). The average molecular weight is 344 g/mol. The van der Waals surface area contributed by atoms with Crippen LogP contribution in [0.15, 0.2) is 48.5 Å². The Morgan fingerprint density at radius 2 is 1.92 bits per heavy atom. The molecule has 25 heavy (non-hydrogen) atoms. The van der Waals surface area contributed by atoms with Gasteiger partial charge in [-0.2, -0.15) is 0 Å². The van der Waals surface area contributed by atoms with Crippen molar-refractivity contribution in [1.29, 1.82) is 0 Å². The fourth-order valence-electron chi connectivity index (χ4n) is 2.53. The minimum atomic E-state index is -0.956. The first-order chi connectivity index (χ1) is 12.1. The molecule has 0 bridgehead atoms. The predicted molar refractivity (Wildman–Crippen MR) is 98.1 cm³/mol. The van der Waals surface area contributed by atoms with Gasteiger partial charge in [-0.1, -0.05) is 44.0 Å². The van der Waals surface area contributed by atoms with E-state index in [1.165, 1.54) is 43.0 Å². The fraction of sp³-hybridized carbons (Fsp3) is 0.350. The minimum absolute atomic E-state index is 0.00435. The molecule has 4 nitrogen and oxygen atoms in total. The van der Waals surface area contributed by atoms with Crippen LogP contribution >= 0.6 is 0 Å². The summed E-state index contributed by atoms with van der Waals surface area (Å²) in [5.41, 5.74) is 2.37. The second-order valence-corrected chi connectivity index (χ2v) is 6.06. The molecule has 2 aromatic rings. The molecule has 0 aliphatic carbocycles. The lowest BCUT2D eigenvalue weighted by atomic mass is 10.1. The molecule has 0 saturated heterocycles. The molecular weight excluding hydrogens is 319 g/mol. The summed E-state index contributed by atoms with van der Waals surface area (Å²) in [7, 11) is 0. The summed E-state index contributed by atoms with van der Waals surface area (Å²) in [5.74, 6) is -0.417. The zero-order chi connectivity index (χ0) is 18.1. The third-order valence-electron chi connectivity index (χ3n) is 3.97. The van der Waals surface area contributed by atoms with E-state index >= 15 is 0 Å². The maximum absolute atomic E-state index is 13.1. The van der Waals surface area contributed by atoms with E-state index in [2.05, 4.69) is 17.6 Å². The first-order valence-electron chi connectivity index (χ1n) is 8.66. The molecule has 0 saturated carbocycles. The third kappa shape index (κ3) is 6.55. The summed E-state index contributed by atoms with van der Waals surface area (Å²) in [6, 6.07) is 13.0. The summed E-state index contributed by atoms with van der Waals surface area (Å²) >= 11 is 0. The van der Waals surface area contributed by atoms with E-state index in [1.54, 1.807) is 6.07 Å². The smallest absolute Gasteiger partial charge is 0.319 e. The molecule has 0 aliphatic rings. The maximum Gasteiger partial charge on any atom is 0.319 e. The monoisotopic (exact) mass is 344 g/mol. The third-order valence-corrected chi connectivity index (χ3v) is 3.97. The molecule has 0 aromatic heterocycles. The average Bonchev–Trinajstić information content (AvgIpc) is 2.61. The van der Waals surface area contributed by atoms with Gasteiger partial charge in [0.25, 0.3) is 0 Å². The Kier molecular flexibility index (Phi) is 7.41. The van der Waals surface area contributed by atoms with Crippen LogP contribution in [0.4, 0.5) is 14.9 Å². The van der Waals surface area contributed by atoms with E-state index in [0.717, 1.165) is 6.42 Å². The highest BCUT2D eigenvalue weighted by Crippen LogP contribution is 2.14. The Labute approximate surface area is 148 Å². The van der Waals surface area contributed by atoms with Gasteiger partial charge in [0, 0.05) is 12.2 Å². The number of aryl methyl sites for hydroxylation is 1. The van der Waals surface area contributed by atoms with Crippen molar-refractivity contribution in [3.8, 4) is 0 Å². The fourth-order valence-corrected chi connectivity index (χ4v) is 2.53. The molecule has 134 valence electrons. The highest BCUT2D eigenvalue weighted by Gasteiger charge is 2.10. The van der Waals surface area contributed by atoms with Gasteiger partial charge in [0.1, 0.15) is 5.82 Å². The minimum Gasteiger partial charge on any atom is -0.387 e. The number of anilines is 1. The lowest BCUT2D eigenvalue weighted by molar-refractivity contribution is 0.174. The highest BCUT2D eigenvalue weighted by molar-refractivity contribution is 5.89. The van der Waals surface area contributed by atoms with E-state index < -0.39 is 18.0 Å². The second kappa shape index (κ2) is 9.79. The maximum atomic E-state index is 13.1. The van der Waals surface area contributed by atoms with Gasteiger partial charge in [-0.05, 0) is 48.2 Å². The van der Waals surface area contributed by atoms with Gasteiger partial charge in [-0.3, -0.25) is 0 Å². The van der Waals surface area contributed by atoms with E-state index in [4.69, 9.17) is 0 Å². The number of halogens is 1. The molecule has 1 atom stereocenters. The van der Waals surface area contributed by atoms with E-state index in [-0.39, 0.29) is 6.54 Å². The van der Waals surface area contributed by atoms with Gasteiger partial charge >= 0.3 is 6.03 Å². The molecule has 0 spiro atoms. The largest absolute Gasteiger partial charge is 0.387 e. The topological polar surface area (TPSA) is 61.4 Å². The van der Waals surface area contributed by atoms with Gasteiger partial charge in [-0.15, -0.1) is 0 Å². The Hall–Kier alpha value is -2.40. The van der Waals surface area contributed by atoms with Gasteiger partial charge in [0.05, 0.1) is 6.10 Å². The van der Waals surface area contributed by atoms with Crippen LogP contribution < -0.4 is 10.6 Å². The van der Waals surface area contributed by atoms with Crippen LogP contribution in [0, 0.1) is 5.82 Å². The molecule has 1 unspecified atom stereocenters. The Morgan fingerprint density at radius 3 is 2.60 bits per heavy atom. The van der Waals surface area contributed by atoms with Crippen LogP contribution in [0.2, 0.25) is 0 Å². The van der Waals surface area contributed by atoms with Crippen molar-refractivity contribution in [1.82, 2.24) is 5.32 Å². The van der Waals surface area contributed by atoms with Crippen molar-refractivity contribution in [2.24, 2.45) is 0 Å². The number of urea groups is 1. The number of hydrogen-bond acceptors (Lipinski definition) is 2. The molecule has 0 aliphatic heterocycles. The molecule has 3 N–H and O–H groups in total. The molecule has 0 fully saturated rings. The number of benzene rings is 2. The molecule has 5 heteroatoms. The number of hydrogen-bond donors (Lipinski definition) is 3. The van der Waals surface area contributed by atoms with Gasteiger partial charge in [0.2, 0.25) is 0 Å². The van der Waals surface area contributed by atoms with Gasteiger partial charge in [0.15, 0.2) is 0 Å². The lowest BCUT2D eigenvalue weighted by Gasteiger charge is -2.13. The van der Waals surface area contributed by atoms with Crippen molar-refractivity contribution in [2.45, 2.75) is 38.7 Å². The summed E-state index contributed by atoms with van der Waals surface area (Å²) in [6.07, 6.45) is 3.67. The van der Waals surface area contributed by atoms with Crippen molar-refractivity contribution in [3.05, 3.63) is 65.5 Å². The summed E-state index contributed by atoms with van der Waals surface area (Å²) in [6.45, 7) is 2.18. The van der Waals surface area contributed by atoms with Crippen molar-refractivity contribution in [2.75, 3.05) is 11.9 Å². The molecule has 2 rings (SSSR count). The number of nitrogens with one attached hydrogen (secondary N) is 2. The zero-order valence-electron chi connectivity index (χ0n) is 14.5. The first kappa shape index (κ1) is 18.9. The van der Waals surface area contributed by atoms with E-state index in [9.17, 15) is 14.3 Å². The number of rotatable bonds is 8. The molecule has 2 amide bonds. The summed E-state index contributed by atoms with van der Waals surface area (Å²) in [4.78, 5) is 11.9. The summed E-state index contributed by atoms with van der Waals surface area (Å²) in [5, 5.41) is 15.3. The van der Waals surface area contributed by atoms with Crippen molar-refractivity contribution < 1.29 is 14.3 Å². The van der Waals surface area contributed by atoms with E-state index in [0.29, 0.717) is 11.3 Å². The van der Waals surface area contributed by atoms with Crippen molar-refractivity contribution >= 4 is 11.7 Å². The number of carbonyl (C=O) groups excluding carboxylic acids is 1. The van der Waals surface area contributed by atoms with Crippen LogP contribution in [0.3, 0.4) is 0 Å². The molecule has 0 radical (unpaired) electrons. The van der Waals surface area contributed by atoms with E-state index in [1.807, 2.05) is 24.3 Å². The quantitative estimate of drug-likeness (QED) is 0.621. The van der Waals surface area contributed by atoms with Crippen LogP contribution in [0.5, 0.6) is 0 Å². The van der Waals surface area contributed by atoms with Gasteiger partial charge < -0.3 is 15.7 Å². The molecular formula is C20H25FN2O2. The molecule has 0 heterocycles. The van der Waals surface area contributed by atoms with Crippen molar-refractivity contribution in [3.63, 3.8) is 0 Å². The van der Waals surface area contributed by atoms with Gasteiger partial charge in [-0.25, -0.2) is 9.18 Å². The molecule has 2 aromatic carbocycles. The highest BCUT2D eigenvalue weighted by atomic mass is 19.1. The Morgan fingerprint density at radius 1 is 1.16 bits per heavy atom. The number of carbonyl (C=O) groups is 1. The number of aliphatic hydroxyl groups excluding tert-OH is 1.